The first-order valence-electron chi connectivity index (χ1n) is 8.41. The summed E-state index contributed by atoms with van der Waals surface area (Å²) in [5.74, 6) is 0.0366. The van der Waals surface area contributed by atoms with Crippen molar-refractivity contribution in [2.75, 3.05) is 5.32 Å². The second-order valence-electron chi connectivity index (χ2n) is 6.89. The maximum Gasteiger partial charge on any atom is 0.233 e. The summed E-state index contributed by atoms with van der Waals surface area (Å²) in [4.78, 5) is 17.5. The Labute approximate surface area is 151 Å². The number of aryl methyl sites for hydroxylation is 1. The highest BCUT2D eigenvalue weighted by Crippen LogP contribution is 2.68. The van der Waals surface area contributed by atoms with Crippen LogP contribution in [0.3, 0.4) is 0 Å². The minimum atomic E-state index is -0.491. The van der Waals surface area contributed by atoms with Crippen molar-refractivity contribution in [2.24, 2.45) is 5.41 Å². The van der Waals surface area contributed by atoms with Crippen LogP contribution in [0.2, 0.25) is 0 Å². The largest absolute Gasteiger partial charge is 0.301 e. The maximum atomic E-state index is 13.1. The molecule has 3 nitrogen and oxygen atoms in total. The van der Waals surface area contributed by atoms with Crippen molar-refractivity contribution in [3.05, 3.63) is 82.9 Å². The topological polar surface area (TPSA) is 42.0 Å². The normalized spacial score (nSPS) is 20.9. The van der Waals surface area contributed by atoms with Crippen molar-refractivity contribution in [1.29, 1.82) is 0 Å². The number of anilines is 1. The summed E-state index contributed by atoms with van der Waals surface area (Å²) >= 11 is 1.47. The fourth-order valence-corrected chi connectivity index (χ4v) is 4.54. The molecule has 1 fully saturated rings. The van der Waals surface area contributed by atoms with E-state index in [0.717, 1.165) is 12.1 Å². The number of hydrogen-bond donors (Lipinski definition) is 1. The van der Waals surface area contributed by atoms with Crippen molar-refractivity contribution in [3.63, 3.8) is 0 Å². The molecule has 3 aromatic rings. The lowest BCUT2D eigenvalue weighted by Crippen LogP contribution is -2.30. The molecule has 1 aliphatic rings. The maximum absolute atomic E-state index is 13.1. The number of carbonyl (C=O) groups is 1. The van der Waals surface area contributed by atoms with E-state index in [1.807, 2.05) is 48.7 Å². The van der Waals surface area contributed by atoms with E-state index in [9.17, 15) is 4.79 Å². The first kappa shape index (κ1) is 16.0. The quantitative estimate of drug-likeness (QED) is 0.737. The Morgan fingerprint density at radius 2 is 1.60 bits per heavy atom. The Morgan fingerprint density at radius 3 is 2.08 bits per heavy atom. The van der Waals surface area contributed by atoms with Gasteiger partial charge in [0.2, 0.25) is 5.91 Å². The van der Waals surface area contributed by atoms with Crippen LogP contribution in [0.25, 0.3) is 0 Å². The van der Waals surface area contributed by atoms with Crippen LogP contribution in [-0.2, 0) is 10.2 Å². The molecule has 1 aliphatic carbocycles. The summed E-state index contributed by atoms with van der Waals surface area (Å²) in [6.45, 7) is 3.99. The molecule has 0 saturated heterocycles. The highest BCUT2D eigenvalue weighted by molar-refractivity contribution is 7.13. The molecule has 1 atom stereocenters. The number of hydrogen-bond acceptors (Lipinski definition) is 3. The van der Waals surface area contributed by atoms with Gasteiger partial charge in [-0.2, -0.15) is 0 Å². The van der Waals surface area contributed by atoms with Crippen LogP contribution in [-0.4, -0.2) is 10.9 Å². The fraction of sp³-hybridized carbons (Fsp3) is 0.238. The van der Waals surface area contributed by atoms with Gasteiger partial charge in [0.05, 0.1) is 11.1 Å². The smallest absolute Gasteiger partial charge is 0.233 e. The van der Waals surface area contributed by atoms with Gasteiger partial charge in [-0.05, 0) is 31.4 Å². The predicted molar refractivity (Wildman–Crippen MR) is 102 cm³/mol. The molecule has 126 valence electrons. The minimum Gasteiger partial charge on any atom is -0.301 e. The van der Waals surface area contributed by atoms with Crippen LogP contribution in [0.1, 0.15) is 30.2 Å². The van der Waals surface area contributed by atoms with Gasteiger partial charge in [-0.15, -0.1) is 11.3 Å². The van der Waals surface area contributed by atoms with E-state index in [1.54, 1.807) is 0 Å². The van der Waals surface area contributed by atoms with Gasteiger partial charge in [-0.1, -0.05) is 60.7 Å². The Bertz CT molecular complexity index is 864. The monoisotopic (exact) mass is 348 g/mol. The molecule has 1 unspecified atom stereocenters. The molecule has 1 amide bonds. The number of amides is 1. The Hall–Kier alpha value is -2.46. The number of benzene rings is 2. The van der Waals surface area contributed by atoms with Gasteiger partial charge >= 0.3 is 0 Å². The molecule has 2 aromatic carbocycles. The number of aromatic nitrogens is 1. The average Bonchev–Trinajstić information content (AvgIpc) is 3.11. The molecular weight excluding hydrogens is 328 g/mol. The molecule has 25 heavy (non-hydrogen) atoms. The van der Waals surface area contributed by atoms with Gasteiger partial charge in [0.1, 0.15) is 0 Å². The second-order valence-corrected chi connectivity index (χ2v) is 7.75. The van der Waals surface area contributed by atoms with Crippen LogP contribution < -0.4 is 5.32 Å². The van der Waals surface area contributed by atoms with Crippen molar-refractivity contribution in [3.8, 4) is 0 Å². The highest BCUT2D eigenvalue weighted by Gasteiger charge is 2.70. The number of carbonyl (C=O) groups excluding carboxylic acids is 1. The van der Waals surface area contributed by atoms with E-state index in [4.69, 9.17) is 0 Å². The molecule has 1 saturated carbocycles. The van der Waals surface area contributed by atoms with E-state index in [1.165, 1.54) is 22.5 Å². The molecule has 1 heterocycles. The number of thiazole rings is 1. The van der Waals surface area contributed by atoms with Gasteiger partial charge in [0.25, 0.3) is 0 Å². The summed E-state index contributed by atoms with van der Waals surface area (Å²) in [5, 5.41) is 5.65. The summed E-state index contributed by atoms with van der Waals surface area (Å²) in [6, 6.07) is 20.7. The van der Waals surface area contributed by atoms with Crippen LogP contribution in [0.5, 0.6) is 0 Å². The van der Waals surface area contributed by atoms with Crippen molar-refractivity contribution in [2.45, 2.75) is 25.7 Å². The zero-order valence-corrected chi connectivity index (χ0v) is 15.1. The zero-order valence-electron chi connectivity index (χ0n) is 14.3. The first-order chi connectivity index (χ1) is 12.1. The van der Waals surface area contributed by atoms with E-state index < -0.39 is 5.41 Å². The third kappa shape index (κ3) is 2.48. The molecule has 4 rings (SSSR count). The lowest BCUT2D eigenvalue weighted by atomic mass is 9.80. The lowest BCUT2D eigenvalue weighted by molar-refractivity contribution is -0.121. The van der Waals surface area contributed by atoms with Gasteiger partial charge in [-0.3, -0.25) is 4.79 Å². The molecule has 0 aliphatic heterocycles. The SMILES string of the molecule is Cc1csc(NC(=O)C2(C)CC2(c2ccccc2)c2ccccc2)n1. The van der Waals surface area contributed by atoms with E-state index in [2.05, 4.69) is 41.5 Å². The molecule has 4 heteroatoms. The predicted octanol–water partition coefficient (Wildman–Crippen LogP) is 4.79. The Kier molecular flexibility index (Phi) is 3.73. The van der Waals surface area contributed by atoms with Crippen LogP contribution >= 0.6 is 11.3 Å². The fourth-order valence-electron chi connectivity index (χ4n) is 3.86. The summed E-state index contributed by atoms with van der Waals surface area (Å²) in [5.41, 5.74) is 2.53. The van der Waals surface area contributed by atoms with Gasteiger partial charge in [0, 0.05) is 10.8 Å². The first-order valence-corrected chi connectivity index (χ1v) is 9.29. The zero-order chi connectivity index (χ0) is 17.5. The van der Waals surface area contributed by atoms with E-state index >= 15 is 0 Å². The third-order valence-corrected chi connectivity index (χ3v) is 6.19. The van der Waals surface area contributed by atoms with Crippen LogP contribution in [0.15, 0.2) is 66.0 Å². The van der Waals surface area contributed by atoms with Gasteiger partial charge < -0.3 is 5.32 Å². The number of nitrogens with one attached hydrogen (secondary N) is 1. The molecule has 0 bridgehead atoms. The summed E-state index contributed by atoms with van der Waals surface area (Å²) < 4.78 is 0. The van der Waals surface area contributed by atoms with Gasteiger partial charge in [-0.25, -0.2) is 4.98 Å². The van der Waals surface area contributed by atoms with E-state index in [0.29, 0.717) is 5.13 Å². The van der Waals surface area contributed by atoms with Crippen LogP contribution in [0, 0.1) is 12.3 Å². The van der Waals surface area contributed by atoms with Gasteiger partial charge in [0.15, 0.2) is 5.13 Å². The third-order valence-electron chi connectivity index (χ3n) is 5.31. The van der Waals surface area contributed by atoms with Crippen LogP contribution in [0.4, 0.5) is 5.13 Å². The van der Waals surface area contributed by atoms with E-state index in [-0.39, 0.29) is 11.3 Å². The molecule has 0 spiro atoms. The van der Waals surface area contributed by atoms with Crippen molar-refractivity contribution >= 4 is 22.4 Å². The second kappa shape index (κ2) is 5.81. The minimum absolute atomic E-state index is 0.0366. The molecule has 1 N–H and O–H groups in total. The Morgan fingerprint density at radius 1 is 1.04 bits per heavy atom. The molecule has 0 radical (unpaired) electrons. The lowest BCUT2D eigenvalue weighted by Gasteiger charge is -2.23. The number of nitrogens with zero attached hydrogens (tertiary/aromatic N) is 1. The number of rotatable bonds is 4. The summed E-state index contributed by atoms with van der Waals surface area (Å²) in [6.07, 6.45) is 0.796. The van der Waals surface area contributed by atoms with Crippen molar-refractivity contribution < 1.29 is 4.79 Å². The highest BCUT2D eigenvalue weighted by atomic mass is 32.1. The summed E-state index contributed by atoms with van der Waals surface area (Å²) in [7, 11) is 0. The molecular formula is C21H20N2OS. The average molecular weight is 348 g/mol. The molecule has 1 aromatic heterocycles. The van der Waals surface area contributed by atoms with Crippen molar-refractivity contribution in [1.82, 2.24) is 4.98 Å². The Balaban J connectivity index is 1.73. The standard InChI is InChI=1S/C21H20N2OS/c1-15-13-25-19(22-15)23-18(24)20(2)14-21(20,16-9-5-3-6-10-16)17-11-7-4-8-12-17/h3-13H,14H2,1-2H3,(H,22,23,24).